The summed E-state index contributed by atoms with van der Waals surface area (Å²) >= 11 is 0. The van der Waals surface area contributed by atoms with Gasteiger partial charge in [0.15, 0.2) is 0 Å². The van der Waals surface area contributed by atoms with E-state index in [9.17, 15) is 5.11 Å². The maximum absolute atomic E-state index is 9.70. The maximum atomic E-state index is 9.70. The summed E-state index contributed by atoms with van der Waals surface area (Å²) in [4.78, 5) is 6.55. The number of morpholine rings is 1. The van der Waals surface area contributed by atoms with E-state index in [-0.39, 0.29) is 6.10 Å². The summed E-state index contributed by atoms with van der Waals surface area (Å²) in [5.74, 6) is 0.882. The highest BCUT2D eigenvalue weighted by molar-refractivity contribution is 5.48. The quantitative estimate of drug-likeness (QED) is 0.820. The third-order valence-electron chi connectivity index (χ3n) is 2.81. The molecule has 16 heavy (non-hydrogen) atoms. The van der Waals surface area contributed by atoms with Gasteiger partial charge in [-0.1, -0.05) is 6.07 Å². The Balaban J connectivity index is 2.25. The normalized spacial score (nSPS) is 23.2. The summed E-state index contributed by atoms with van der Waals surface area (Å²) < 4.78 is 5.50. The molecule has 4 nitrogen and oxygen atoms in total. The molecule has 2 heterocycles. The molecule has 1 aromatic heterocycles. The van der Waals surface area contributed by atoms with Crippen LogP contribution in [0.1, 0.15) is 25.5 Å². The second-order valence-corrected chi connectivity index (χ2v) is 4.22. The number of pyridine rings is 1. The highest BCUT2D eigenvalue weighted by Crippen LogP contribution is 2.24. The molecule has 2 rings (SSSR count). The molecular formula is C12H18N2O2. The summed E-state index contributed by atoms with van der Waals surface area (Å²) in [5.41, 5.74) is 0.886. The third kappa shape index (κ3) is 2.33. The van der Waals surface area contributed by atoms with Crippen molar-refractivity contribution in [2.75, 3.05) is 24.6 Å². The van der Waals surface area contributed by atoms with Crippen LogP contribution in [0.2, 0.25) is 0 Å². The zero-order valence-electron chi connectivity index (χ0n) is 9.76. The molecule has 1 N–H and O–H groups in total. The van der Waals surface area contributed by atoms with Crippen LogP contribution in [-0.2, 0) is 4.74 Å². The van der Waals surface area contributed by atoms with Crippen molar-refractivity contribution in [3.05, 3.63) is 23.9 Å². The summed E-state index contributed by atoms with van der Waals surface area (Å²) in [6, 6.07) is 3.78. The van der Waals surface area contributed by atoms with Crippen molar-refractivity contribution in [1.82, 2.24) is 4.98 Å². The van der Waals surface area contributed by atoms with E-state index in [4.69, 9.17) is 4.74 Å². The molecule has 4 heteroatoms. The number of anilines is 1. The number of aliphatic hydroxyl groups excluding tert-OH is 1. The van der Waals surface area contributed by atoms with Crippen LogP contribution >= 0.6 is 0 Å². The highest BCUT2D eigenvalue weighted by Gasteiger charge is 2.21. The number of hydrogen-bond donors (Lipinski definition) is 1. The SMILES string of the molecule is CC1CN(c2ncccc2[C@H](C)O)CCO1. The molecule has 0 bridgehead atoms. The van der Waals surface area contributed by atoms with Gasteiger partial charge < -0.3 is 14.7 Å². The summed E-state index contributed by atoms with van der Waals surface area (Å²) in [6.45, 7) is 6.20. The van der Waals surface area contributed by atoms with E-state index in [1.807, 2.05) is 12.1 Å². The Kier molecular flexibility index (Phi) is 3.41. The first kappa shape index (κ1) is 11.4. The lowest BCUT2D eigenvalue weighted by Gasteiger charge is -2.33. The molecule has 0 aromatic carbocycles. The molecule has 88 valence electrons. The Bertz CT molecular complexity index is 355. The van der Waals surface area contributed by atoms with Gasteiger partial charge in [-0.2, -0.15) is 0 Å². The highest BCUT2D eigenvalue weighted by atomic mass is 16.5. The van der Waals surface area contributed by atoms with Crippen molar-refractivity contribution < 1.29 is 9.84 Å². The van der Waals surface area contributed by atoms with Crippen molar-refractivity contribution in [2.24, 2.45) is 0 Å². The minimum Gasteiger partial charge on any atom is -0.389 e. The lowest BCUT2D eigenvalue weighted by Crippen LogP contribution is -2.42. The van der Waals surface area contributed by atoms with E-state index >= 15 is 0 Å². The van der Waals surface area contributed by atoms with Gasteiger partial charge in [-0.25, -0.2) is 4.98 Å². The Hall–Kier alpha value is -1.13. The van der Waals surface area contributed by atoms with E-state index in [1.54, 1.807) is 13.1 Å². The Morgan fingerprint density at radius 2 is 2.44 bits per heavy atom. The minimum atomic E-state index is -0.484. The minimum absolute atomic E-state index is 0.220. The van der Waals surface area contributed by atoms with Crippen LogP contribution < -0.4 is 4.90 Å². The Labute approximate surface area is 95.9 Å². The van der Waals surface area contributed by atoms with Gasteiger partial charge in [-0.3, -0.25) is 0 Å². The Morgan fingerprint density at radius 3 is 3.12 bits per heavy atom. The van der Waals surface area contributed by atoms with E-state index < -0.39 is 6.10 Å². The smallest absolute Gasteiger partial charge is 0.134 e. The molecule has 0 aliphatic carbocycles. The van der Waals surface area contributed by atoms with Gasteiger partial charge in [-0.15, -0.1) is 0 Å². The standard InChI is InChI=1S/C12H18N2O2/c1-9-8-14(6-7-16-9)12-11(10(2)15)4-3-5-13-12/h3-5,9-10,15H,6-8H2,1-2H3/t9?,10-/m0/s1. The first-order valence-corrected chi connectivity index (χ1v) is 5.68. The van der Waals surface area contributed by atoms with Crippen LogP contribution in [0.3, 0.4) is 0 Å². The van der Waals surface area contributed by atoms with Crippen LogP contribution in [0, 0.1) is 0 Å². The zero-order chi connectivity index (χ0) is 11.5. The van der Waals surface area contributed by atoms with Gasteiger partial charge >= 0.3 is 0 Å². The first-order chi connectivity index (χ1) is 7.68. The fourth-order valence-corrected chi connectivity index (χ4v) is 2.01. The summed E-state index contributed by atoms with van der Waals surface area (Å²) in [7, 11) is 0. The van der Waals surface area contributed by atoms with Crippen LogP contribution in [0.4, 0.5) is 5.82 Å². The number of nitrogens with zero attached hydrogens (tertiary/aromatic N) is 2. The van der Waals surface area contributed by atoms with Crippen LogP contribution in [0.15, 0.2) is 18.3 Å². The van der Waals surface area contributed by atoms with Gasteiger partial charge in [0.05, 0.1) is 18.8 Å². The summed E-state index contributed by atoms with van der Waals surface area (Å²) in [6.07, 6.45) is 1.50. The molecule has 1 aromatic rings. The van der Waals surface area contributed by atoms with Crippen molar-refractivity contribution >= 4 is 5.82 Å². The van der Waals surface area contributed by atoms with Gasteiger partial charge in [0.25, 0.3) is 0 Å². The molecule has 1 aliphatic heterocycles. The number of ether oxygens (including phenoxy) is 1. The predicted octanol–water partition coefficient (Wildman–Crippen LogP) is 1.36. The van der Waals surface area contributed by atoms with E-state index in [1.165, 1.54) is 0 Å². The molecule has 0 spiro atoms. The van der Waals surface area contributed by atoms with Crippen molar-refractivity contribution in [1.29, 1.82) is 0 Å². The molecule has 0 amide bonds. The van der Waals surface area contributed by atoms with E-state index in [0.29, 0.717) is 0 Å². The second kappa shape index (κ2) is 4.80. The topological polar surface area (TPSA) is 45.6 Å². The lowest BCUT2D eigenvalue weighted by atomic mass is 10.1. The van der Waals surface area contributed by atoms with Crippen LogP contribution in [0.25, 0.3) is 0 Å². The largest absolute Gasteiger partial charge is 0.389 e. The average molecular weight is 222 g/mol. The molecule has 1 fully saturated rings. The van der Waals surface area contributed by atoms with E-state index in [0.717, 1.165) is 31.1 Å². The molecular weight excluding hydrogens is 204 g/mol. The zero-order valence-corrected chi connectivity index (χ0v) is 9.76. The number of rotatable bonds is 2. The maximum Gasteiger partial charge on any atom is 0.134 e. The number of hydrogen-bond acceptors (Lipinski definition) is 4. The first-order valence-electron chi connectivity index (χ1n) is 5.68. The summed E-state index contributed by atoms with van der Waals surface area (Å²) in [5, 5.41) is 9.70. The van der Waals surface area contributed by atoms with Gasteiger partial charge in [0.2, 0.25) is 0 Å². The van der Waals surface area contributed by atoms with Gasteiger partial charge in [0, 0.05) is 24.8 Å². The average Bonchev–Trinajstić information content (AvgIpc) is 2.29. The van der Waals surface area contributed by atoms with Crippen LogP contribution in [0.5, 0.6) is 0 Å². The fourth-order valence-electron chi connectivity index (χ4n) is 2.01. The third-order valence-corrected chi connectivity index (χ3v) is 2.81. The van der Waals surface area contributed by atoms with Gasteiger partial charge in [-0.05, 0) is 19.9 Å². The fraction of sp³-hybridized carbons (Fsp3) is 0.583. The van der Waals surface area contributed by atoms with Gasteiger partial charge in [0.1, 0.15) is 5.82 Å². The van der Waals surface area contributed by atoms with E-state index in [2.05, 4.69) is 16.8 Å². The van der Waals surface area contributed by atoms with Crippen molar-refractivity contribution in [2.45, 2.75) is 26.1 Å². The van der Waals surface area contributed by atoms with Crippen molar-refractivity contribution in [3.8, 4) is 0 Å². The Morgan fingerprint density at radius 1 is 1.62 bits per heavy atom. The monoisotopic (exact) mass is 222 g/mol. The second-order valence-electron chi connectivity index (χ2n) is 4.22. The molecule has 1 saturated heterocycles. The molecule has 0 saturated carbocycles. The van der Waals surface area contributed by atoms with Crippen LogP contribution in [-0.4, -0.2) is 35.9 Å². The molecule has 1 aliphatic rings. The number of aromatic nitrogens is 1. The lowest BCUT2D eigenvalue weighted by molar-refractivity contribution is 0.0526. The number of aliphatic hydroxyl groups is 1. The molecule has 2 atom stereocenters. The molecule has 1 unspecified atom stereocenters. The molecule has 0 radical (unpaired) electrons. The predicted molar refractivity (Wildman–Crippen MR) is 62.5 cm³/mol. The van der Waals surface area contributed by atoms with Crippen molar-refractivity contribution in [3.63, 3.8) is 0 Å².